The number of aryl methyl sites for hydroxylation is 2. The van der Waals surface area contributed by atoms with Crippen LogP contribution in [0.1, 0.15) is 43.4 Å². The first-order chi connectivity index (χ1) is 9.29. The molecule has 19 heavy (non-hydrogen) atoms. The maximum Gasteiger partial charge on any atom is 0.205 e. The molecule has 2 rings (SSSR count). The van der Waals surface area contributed by atoms with Crippen LogP contribution in [0.2, 0.25) is 0 Å². The number of nitrogens with two attached hydrogens (primary N) is 1. The lowest BCUT2D eigenvalue weighted by Crippen LogP contribution is -2.45. The molecule has 0 aliphatic heterocycles. The normalized spacial score (nSPS) is 16.8. The van der Waals surface area contributed by atoms with Crippen LogP contribution in [0.25, 0.3) is 0 Å². The SMILES string of the molecule is Cc1[nH]ncc1CCCN=C(NN)NC1CCCC1. The molecule has 1 heterocycles. The monoisotopic (exact) mass is 264 g/mol. The van der Waals surface area contributed by atoms with Crippen molar-refractivity contribution in [3.05, 3.63) is 17.5 Å². The van der Waals surface area contributed by atoms with Crippen molar-refractivity contribution in [2.24, 2.45) is 10.8 Å². The third-order valence-corrected chi connectivity index (χ3v) is 3.64. The summed E-state index contributed by atoms with van der Waals surface area (Å²) in [6.07, 6.45) is 8.91. The van der Waals surface area contributed by atoms with Gasteiger partial charge in [0.2, 0.25) is 5.96 Å². The molecule has 106 valence electrons. The molecule has 0 radical (unpaired) electrons. The standard InChI is InChI=1S/C13H24N6/c1-10-11(9-16-19-10)5-4-8-15-13(18-14)17-12-6-2-3-7-12/h9,12H,2-8,14H2,1H3,(H,16,19)(H2,15,17,18). The average molecular weight is 264 g/mol. The van der Waals surface area contributed by atoms with Gasteiger partial charge in [-0.05, 0) is 38.2 Å². The van der Waals surface area contributed by atoms with Crippen LogP contribution in [0.3, 0.4) is 0 Å². The van der Waals surface area contributed by atoms with Gasteiger partial charge in [0.25, 0.3) is 0 Å². The van der Waals surface area contributed by atoms with E-state index in [4.69, 9.17) is 5.84 Å². The molecule has 1 aliphatic carbocycles. The number of H-pyrrole nitrogens is 1. The average Bonchev–Trinajstić information content (AvgIpc) is 3.05. The molecule has 0 spiro atoms. The lowest BCUT2D eigenvalue weighted by Gasteiger charge is -2.14. The summed E-state index contributed by atoms with van der Waals surface area (Å²) >= 11 is 0. The van der Waals surface area contributed by atoms with Gasteiger partial charge in [-0.15, -0.1) is 0 Å². The Morgan fingerprint density at radius 3 is 2.95 bits per heavy atom. The van der Waals surface area contributed by atoms with Crippen molar-refractivity contribution in [1.29, 1.82) is 0 Å². The first kappa shape index (κ1) is 13.9. The Hall–Kier alpha value is -1.56. The lowest BCUT2D eigenvalue weighted by molar-refractivity contribution is 0.613. The summed E-state index contributed by atoms with van der Waals surface area (Å²) in [5.74, 6) is 6.21. The highest BCUT2D eigenvalue weighted by Crippen LogP contribution is 2.17. The van der Waals surface area contributed by atoms with Crippen LogP contribution in [0.4, 0.5) is 0 Å². The summed E-state index contributed by atoms with van der Waals surface area (Å²) in [6.45, 7) is 2.81. The largest absolute Gasteiger partial charge is 0.353 e. The van der Waals surface area contributed by atoms with Crippen LogP contribution in [0.15, 0.2) is 11.2 Å². The minimum Gasteiger partial charge on any atom is -0.353 e. The van der Waals surface area contributed by atoms with Gasteiger partial charge in [0.15, 0.2) is 0 Å². The number of nitrogens with zero attached hydrogens (tertiary/aromatic N) is 2. The van der Waals surface area contributed by atoms with E-state index in [0.29, 0.717) is 6.04 Å². The molecule has 0 atom stereocenters. The zero-order chi connectivity index (χ0) is 13.5. The van der Waals surface area contributed by atoms with Crippen molar-refractivity contribution >= 4 is 5.96 Å². The molecule has 1 aliphatic rings. The number of aromatic amines is 1. The minimum absolute atomic E-state index is 0.533. The minimum atomic E-state index is 0.533. The van der Waals surface area contributed by atoms with Crippen molar-refractivity contribution in [1.82, 2.24) is 20.9 Å². The zero-order valence-electron chi connectivity index (χ0n) is 11.6. The second-order valence-corrected chi connectivity index (χ2v) is 5.12. The smallest absolute Gasteiger partial charge is 0.205 e. The summed E-state index contributed by atoms with van der Waals surface area (Å²) in [5.41, 5.74) is 5.06. The Kier molecular flexibility index (Phi) is 5.20. The number of rotatable bonds is 5. The van der Waals surface area contributed by atoms with Crippen LogP contribution in [-0.4, -0.2) is 28.7 Å². The molecule has 6 nitrogen and oxygen atoms in total. The zero-order valence-corrected chi connectivity index (χ0v) is 11.6. The van der Waals surface area contributed by atoms with Crippen molar-refractivity contribution in [2.75, 3.05) is 6.54 Å². The topological polar surface area (TPSA) is 91.1 Å². The highest BCUT2D eigenvalue weighted by atomic mass is 15.3. The van der Waals surface area contributed by atoms with Crippen LogP contribution < -0.4 is 16.6 Å². The fourth-order valence-electron chi connectivity index (χ4n) is 2.48. The molecule has 0 bridgehead atoms. The second-order valence-electron chi connectivity index (χ2n) is 5.12. The Bertz CT molecular complexity index is 405. The Morgan fingerprint density at radius 1 is 1.53 bits per heavy atom. The number of aromatic nitrogens is 2. The van der Waals surface area contributed by atoms with E-state index in [9.17, 15) is 0 Å². The van der Waals surface area contributed by atoms with E-state index < -0.39 is 0 Å². The van der Waals surface area contributed by atoms with Gasteiger partial charge < -0.3 is 5.32 Å². The number of aliphatic imine (C=N–C) groups is 1. The predicted molar refractivity (Wildman–Crippen MR) is 76.7 cm³/mol. The van der Waals surface area contributed by atoms with E-state index in [1.54, 1.807) is 0 Å². The van der Waals surface area contributed by atoms with Gasteiger partial charge in [-0.1, -0.05) is 12.8 Å². The number of guanidine groups is 1. The van der Waals surface area contributed by atoms with Gasteiger partial charge in [0.05, 0.1) is 6.20 Å². The molecule has 1 aromatic rings. The predicted octanol–water partition coefficient (Wildman–Crippen LogP) is 1.00. The molecule has 1 fully saturated rings. The van der Waals surface area contributed by atoms with Gasteiger partial charge >= 0.3 is 0 Å². The molecule has 0 saturated heterocycles. The van der Waals surface area contributed by atoms with Crippen molar-refractivity contribution < 1.29 is 0 Å². The molecule has 0 aromatic carbocycles. The van der Waals surface area contributed by atoms with Gasteiger partial charge in [-0.2, -0.15) is 5.10 Å². The third-order valence-electron chi connectivity index (χ3n) is 3.64. The number of hydrogen-bond acceptors (Lipinski definition) is 3. The summed E-state index contributed by atoms with van der Waals surface area (Å²) in [7, 11) is 0. The summed E-state index contributed by atoms with van der Waals surface area (Å²) in [5, 5.41) is 10.3. The van der Waals surface area contributed by atoms with Gasteiger partial charge in [0, 0.05) is 18.3 Å². The van der Waals surface area contributed by atoms with Crippen LogP contribution >= 0.6 is 0 Å². The van der Waals surface area contributed by atoms with E-state index >= 15 is 0 Å². The second kappa shape index (κ2) is 7.13. The van der Waals surface area contributed by atoms with E-state index in [-0.39, 0.29) is 0 Å². The van der Waals surface area contributed by atoms with Crippen molar-refractivity contribution in [2.45, 2.75) is 51.5 Å². The Morgan fingerprint density at radius 2 is 2.32 bits per heavy atom. The highest BCUT2D eigenvalue weighted by molar-refractivity contribution is 5.79. The fourth-order valence-corrected chi connectivity index (χ4v) is 2.48. The molecular weight excluding hydrogens is 240 g/mol. The molecule has 0 amide bonds. The highest BCUT2D eigenvalue weighted by Gasteiger charge is 2.15. The maximum absolute atomic E-state index is 5.49. The maximum atomic E-state index is 5.49. The van der Waals surface area contributed by atoms with Crippen LogP contribution in [0.5, 0.6) is 0 Å². The molecular formula is C13H24N6. The van der Waals surface area contributed by atoms with E-state index in [0.717, 1.165) is 31.0 Å². The van der Waals surface area contributed by atoms with Gasteiger partial charge in [-0.3, -0.25) is 15.5 Å². The van der Waals surface area contributed by atoms with E-state index in [1.165, 1.54) is 31.2 Å². The number of hydrazine groups is 1. The van der Waals surface area contributed by atoms with Crippen LogP contribution in [0, 0.1) is 6.92 Å². The summed E-state index contributed by atoms with van der Waals surface area (Å²) < 4.78 is 0. The number of nitrogens with one attached hydrogen (secondary N) is 3. The quantitative estimate of drug-likeness (QED) is 0.210. The van der Waals surface area contributed by atoms with Gasteiger partial charge in [-0.25, -0.2) is 5.84 Å². The molecule has 6 heteroatoms. The molecule has 5 N–H and O–H groups in total. The van der Waals surface area contributed by atoms with E-state index in [2.05, 4.69) is 25.9 Å². The number of hydrogen-bond donors (Lipinski definition) is 4. The molecule has 1 aromatic heterocycles. The third kappa shape index (κ3) is 4.24. The first-order valence-electron chi connectivity index (χ1n) is 7.06. The Labute approximate surface area is 114 Å². The van der Waals surface area contributed by atoms with Gasteiger partial charge in [0.1, 0.15) is 0 Å². The Balaban J connectivity index is 1.71. The first-order valence-corrected chi connectivity index (χ1v) is 7.06. The van der Waals surface area contributed by atoms with Crippen molar-refractivity contribution in [3.8, 4) is 0 Å². The van der Waals surface area contributed by atoms with Crippen molar-refractivity contribution in [3.63, 3.8) is 0 Å². The lowest BCUT2D eigenvalue weighted by atomic mass is 10.1. The van der Waals surface area contributed by atoms with E-state index in [1.807, 2.05) is 13.1 Å². The fraction of sp³-hybridized carbons (Fsp3) is 0.692. The van der Waals surface area contributed by atoms with Crippen LogP contribution in [-0.2, 0) is 6.42 Å². The summed E-state index contributed by atoms with van der Waals surface area (Å²) in [4.78, 5) is 4.47. The molecule has 1 saturated carbocycles. The summed E-state index contributed by atoms with van der Waals surface area (Å²) in [6, 6.07) is 0.533. The molecule has 0 unspecified atom stereocenters.